The van der Waals surface area contributed by atoms with E-state index in [4.69, 9.17) is 0 Å². The summed E-state index contributed by atoms with van der Waals surface area (Å²) in [5.41, 5.74) is 0. The summed E-state index contributed by atoms with van der Waals surface area (Å²) in [5.74, 6) is -4.69. The third-order valence-electron chi connectivity index (χ3n) is 1.46. The molecule has 0 spiro atoms. The summed E-state index contributed by atoms with van der Waals surface area (Å²) in [6.45, 7) is 2.72. The molecular weight excluding hydrogens is 203 g/mol. The van der Waals surface area contributed by atoms with Gasteiger partial charge >= 0.3 is 12.1 Å². The van der Waals surface area contributed by atoms with Gasteiger partial charge in [0.1, 0.15) is 0 Å². The van der Waals surface area contributed by atoms with Gasteiger partial charge in [-0.1, -0.05) is 13.8 Å². The van der Waals surface area contributed by atoms with E-state index in [9.17, 15) is 27.9 Å². The molecule has 1 amide bonds. The summed E-state index contributed by atoms with van der Waals surface area (Å²) in [6.07, 6.45) is -5.08. The van der Waals surface area contributed by atoms with E-state index in [0.717, 1.165) is 0 Å². The third kappa shape index (κ3) is 3.63. The van der Waals surface area contributed by atoms with Crippen LogP contribution in [0.4, 0.5) is 13.2 Å². The standard InChI is InChI=1S/C7H10F3NO3/c1-3(2)4(5(12)13)11-6(14)7(8,9)10/h3-4H,1-2H3,(H,11,14)(H,12,13)/p-1/t4-/m0/s1. The lowest BCUT2D eigenvalue weighted by Crippen LogP contribution is -2.53. The van der Waals surface area contributed by atoms with Crippen LogP contribution < -0.4 is 10.4 Å². The second-order valence-corrected chi connectivity index (χ2v) is 3.01. The predicted octanol–water partition coefficient (Wildman–Crippen LogP) is -0.561. The van der Waals surface area contributed by atoms with Gasteiger partial charge in [0.15, 0.2) is 0 Å². The van der Waals surface area contributed by atoms with Gasteiger partial charge in [0.2, 0.25) is 0 Å². The van der Waals surface area contributed by atoms with Gasteiger partial charge in [0, 0.05) is 0 Å². The molecule has 0 aromatic carbocycles. The van der Waals surface area contributed by atoms with Crippen molar-refractivity contribution in [2.75, 3.05) is 0 Å². The van der Waals surface area contributed by atoms with E-state index in [-0.39, 0.29) is 0 Å². The molecule has 1 N–H and O–H groups in total. The Balaban J connectivity index is 4.48. The molecule has 0 radical (unpaired) electrons. The average Bonchev–Trinajstić information content (AvgIpc) is 1.96. The Hall–Kier alpha value is -1.27. The smallest absolute Gasteiger partial charge is 0.471 e. The first-order valence-corrected chi connectivity index (χ1v) is 3.74. The van der Waals surface area contributed by atoms with Gasteiger partial charge in [-0.05, 0) is 5.92 Å². The lowest BCUT2D eigenvalue weighted by Gasteiger charge is -2.23. The molecule has 1 atom stereocenters. The van der Waals surface area contributed by atoms with Crippen molar-refractivity contribution in [2.24, 2.45) is 5.92 Å². The maximum Gasteiger partial charge on any atom is 0.471 e. The van der Waals surface area contributed by atoms with Crippen molar-refractivity contribution in [2.45, 2.75) is 26.1 Å². The van der Waals surface area contributed by atoms with Crippen molar-refractivity contribution in [3.05, 3.63) is 0 Å². The van der Waals surface area contributed by atoms with Crippen LogP contribution in [0.5, 0.6) is 0 Å². The van der Waals surface area contributed by atoms with Crippen LogP contribution in [0, 0.1) is 5.92 Å². The van der Waals surface area contributed by atoms with Crippen LogP contribution in [-0.4, -0.2) is 24.1 Å². The van der Waals surface area contributed by atoms with E-state index >= 15 is 0 Å². The number of carbonyl (C=O) groups is 2. The van der Waals surface area contributed by atoms with Crippen molar-refractivity contribution in [3.63, 3.8) is 0 Å². The van der Waals surface area contributed by atoms with Crippen LogP contribution in [0.3, 0.4) is 0 Å². The minimum absolute atomic E-state index is 0.675. The monoisotopic (exact) mass is 212 g/mol. The lowest BCUT2D eigenvalue weighted by molar-refractivity contribution is -0.309. The van der Waals surface area contributed by atoms with Crippen LogP contribution in [0.15, 0.2) is 0 Å². The number of hydrogen-bond donors (Lipinski definition) is 1. The Kier molecular flexibility index (Phi) is 3.91. The summed E-state index contributed by atoms with van der Waals surface area (Å²) in [5, 5.41) is 11.6. The van der Waals surface area contributed by atoms with Crippen LogP contribution in [-0.2, 0) is 9.59 Å². The van der Waals surface area contributed by atoms with E-state index in [1.54, 1.807) is 0 Å². The first kappa shape index (κ1) is 12.7. The summed E-state index contributed by atoms with van der Waals surface area (Å²) in [6, 6.07) is -1.64. The van der Waals surface area contributed by atoms with E-state index in [2.05, 4.69) is 0 Å². The number of carboxylic acids is 1. The molecule has 0 saturated carbocycles. The summed E-state index contributed by atoms with van der Waals surface area (Å²) < 4.78 is 35.1. The summed E-state index contributed by atoms with van der Waals surface area (Å²) >= 11 is 0. The van der Waals surface area contributed by atoms with Crippen molar-refractivity contribution < 1.29 is 27.9 Å². The molecular formula is C7H9F3NO3-. The van der Waals surface area contributed by atoms with Crippen molar-refractivity contribution in [1.29, 1.82) is 0 Å². The maximum absolute atomic E-state index is 11.7. The van der Waals surface area contributed by atoms with Crippen molar-refractivity contribution in [3.8, 4) is 0 Å². The molecule has 14 heavy (non-hydrogen) atoms. The zero-order valence-electron chi connectivity index (χ0n) is 7.51. The second-order valence-electron chi connectivity index (χ2n) is 3.01. The van der Waals surface area contributed by atoms with Gasteiger partial charge in [-0.2, -0.15) is 13.2 Å². The van der Waals surface area contributed by atoms with Crippen LogP contribution >= 0.6 is 0 Å². The number of carboxylic acid groups (broad SMARTS) is 1. The lowest BCUT2D eigenvalue weighted by atomic mass is 10.1. The molecule has 0 rings (SSSR count). The Morgan fingerprint density at radius 2 is 1.71 bits per heavy atom. The van der Waals surface area contributed by atoms with Crippen molar-refractivity contribution in [1.82, 2.24) is 5.32 Å². The molecule has 0 saturated heterocycles. The summed E-state index contributed by atoms with van der Waals surface area (Å²) in [7, 11) is 0. The molecule has 0 aliphatic carbocycles. The normalized spacial score (nSPS) is 13.9. The van der Waals surface area contributed by atoms with E-state index in [1.807, 2.05) is 0 Å². The van der Waals surface area contributed by atoms with E-state index in [0.29, 0.717) is 0 Å². The largest absolute Gasteiger partial charge is 0.548 e. The second kappa shape index (κ2) is 4.30. The molecule has 0 aromatic rings. The van der Waals surface area contributed by atoms with Crippen LogP contribution in [0.1, 0.15) is 13.8 Å². The van der Waals surface area contributed by atoms with Gasteiger partial charge in [-0.3, -0.25) is 4.79 Å². The number of amides is 1. The SMILES string of the molecule is CC(C)[C@H](NC(=O)C(F)(F)F)C(=O)[O-]. The number of nitrogens with one attached hydrogen (secondary N) is 1. The molecule has 0 fully saturated rings. The Morgan fingerprint density at radius 3 is 1.93 bits per heavy atom. The third-order valence-corrected chi connectivity index (χ3v) is 1.46. The quantitative estimate of drug-likeness (QED) is 0.681. The Morgan fingerprint density at radius 1 is 1.29 bits per heavy atom. The minimum Gasteiger partial charge on any atom is -0.548 e. The van der Waals surface area contributed by atoms with Gasteiger partial charge in [-0.15, -0.1) is 0 Å². The topological polar surface area (TPSA) is 69.2 Å². The molecule has 0 aromatic heterocycles. The first-order chi connectivity index (χ1) is 6.16. The predicted molar refractivity (Wildman–Crippen MR) is 37.8 cm³/mol. The van der Waals surface area contributed by atoms with Gasteiger partial charge in [-0.25, -0.2) is 0 Å². The highest BCUT2D eigenvalue weighted by atomic mass is 19.4. The fourth-order valence-electron chi connectivity index (χ4n) is 0.721. The van der Waals surface area contributed by atoms with Crippen molar-refractivity contribution >= 4 is 11.9 Å². The number of alkyl halides is 3. The highest BCUT2D eigenvalue weighted by Gasteiger charge is 2.40. The molecule has 0 bridgehead atoms. The van der Waals surface area contributed by atoms with E-state index in [1.165, 1.54) is 19.2 Å². The number of carbonyl (C=O) groups excluding carboxylic acids is 2. The fraction of sp³-hybridized carbons (Fsp3) is 0.714. The first-order valence-electron chi connectivity index (χ1n) is 3.74. The number of halogens is 3. The van der Waals surface area contributed by atoms with Gasteiger partial charge in [0.05, 0.1) is 12.0 Å². The van der Waals surface area contributed by atoms with Gasteiger partial charge < -0.3 is 15.2 Å². The zero-order chi connectivity index (χ0) is 11.5. The molecule has 0 aliphatic heterocycles. The number of hydrogen-bond acceptors (Lipinski definition) is 3. The minimum atomic E-state index is -5.08. The summed E-state index contributed by atoms with van der Waals surface area (Å²) in [4.78, 5) is 20.7. The maximum atomic E-state index is 11.7. The molecule has 4 nitrogen and oxygen atoms in total. The number of rotatable bonds is 3. The molecule has 0 heterocycles. The highest BCUT2D eigenvalue weighted by molar-refractivity contribution is 5.86. The molecule has 0 aliphatic rings. The number of aliphatic carboxylic acids is 1. The van der Waals surface area contributed by atoms with Gasteiger partial charge in [0.25, 0.3) is 0 Å². The van der Waals surface area contributed by atoms with Crippen LogP contribution in [0.2, 0.25) is 0 Å². The highest BCUT2D eigenvalue weighted by Crippen LogP contribution is 2.15. The molecule has 0 unspecified atom stereocenters. The fourth-order valence-corrected chi connectivity index (χ4v) is 0.721. The Bertz CT molecular complexity index is 237. The Labute approximate surface area is 78.1 Å². The van der Waals surface area contributed by atoms with Crippen LogP contribution in [0.25, 0.3) is 0 Å². The molecule has 82 valence electrons. The molecule has 7 heteroatoms. The average molecular weight is 212 g/mol. The van der Waals surface area contributed by atoms with E-state index < -0.39 is 30.0 Å². The zero-order valence-corrected chi connectivity index (χ0v) is 7.51.